The lowest BCUT2D eigenvalue weighted by atomic mass is 9.86. The number of nitrogens with one attached hydrogen (secondary N) is 2. The van der Waals surface area contributed by atoms with Crippen molar-refractivity contribution in [2.75, 3.05) is 6.54 Å². The minimum Gasteiger partial charge on any atom is -0.388 e. The van der Waals surface area contributed by atoms with Crippen LogP contribution in [-0.4, -0.2) is 28.8 Å². The van der Waals surface area contributed by atoms with Crippen molar-refractivity contribution in [3.8, 4) is 0 Å². The minimum absolute atomic E-state index is 0.237. The van der Waals surface area contributed by atoms with Gasteiger partial charge in [-0.1, -0.05) is 6.92 Å². The summed E-state index contributed by atoms with van der Waals surface area (Å²) in [5, 5.41) is 15.2. The molecule has 0 aromatic rings. The minimum atomic E-state index is -0.948. The first-order valence-electron chi connectivity index (χ1n) is 4.99. The summed E-state index contributed by atoms with van der Waals surface area (Å²) in [5.74, 6) is 0. The molecular formula is C10H22N2O2. The quantitative estimate of drug-likeness (QED) is 0.642. The average molecular weight is 202 g/mol. The molecule has 2 amide bonds. The SMILES string of the molecule is CCCNC(=O)NC(C)(C)C(C)(C)O. The molecule has 0 aliphatic rings. The fourth-order valence-corrected chi connectivity index (χ4v) is 0.720. The van der Waals surface area contributed by atoms with E-state index in [1.807, 2.05) is 6.92 Å². The molecular weight excluding hydrogens is 180 g/mol. The summed E-state index contributed by atoms with van der Waals surface area (Å²) in [4.78, 5) is 11.3. The van der Waals surface area contributed by atoms with Crippen molar-refractivity contribution >= 4 is 6.03 Å². The molecule has 0 aromatic carbocycles. The molecule has 84 valence electrons. The predicted molar refractivity (Wildman–Crippen MR) is 57.2 cm³/mol. The monoisotopic (exact) mass is 202 g/mol. The maximum absolute atomic E-state index is 11.3. The molecule has 14 heavy (non-hydrogen) atoms. The van der Waals surface area contributed by atoms with Gasteiger partial charge in [0.05, 0.1) is 11.1 Å². The molecule has 0 fully saturated rings. The molecule has 0 aliphatic heterocycles. The Bertz CT molecular complexity index is 195. The third-order valence-electron chi connectivity index (χ3n) is 2.49. The average Bonchev–Trinajstić information content (AvgIpc) is 1.97. The van der Waals surface area contributed by atoms with Crippen molar-refractivity contribution < 1.29 is 9.90 Å². The van der Waals surface area contributed by atoms with Crippen LogP contribution in [0.5, 0.6) is 0 Å². The van der Waals surface area contributed by atoms with E-state index >= 15 is 0 Å². The fraction of sp³-hybridized carbons (Fsp3) is 0.900. The molecule has 0 aliphatic carbocycles. The van der Waals surface area contributed by atoms with E-state index in [0.29, 0.717) is 6.54 Å². The second kappa shape index (κ2) is 4.64. The molecule has 0 bridgehead atoms. The van der Waals surface area contributed by atoms with Crippen LogP contribution in [0.3, 0.4) is 0 Å². The van der Waals surface area contributed by atoms with Gasteiger partial charge >= 0.3 is 6.03 Å². The number of carbonyl (C=O) groups excluding carboxylic acids is 1. The maximum atomic E-state index is 11.3. The van der Waals surface area contributed by atoms with Gasteiger partial charge < -0.3 is 15.7 Å². The Labute approximate surface area is 86.1 Å². The lowest BCUT2D eigenvalue weighted by Crippen LogP contribution is -2.59. The molecule has 0 unspecified atom stereocenters. The zero-order valence-corrected chi connectivity index (χ0v) is 9.77. The van der Waals surface area contributed by atoms with Gasteiger partial charge in [-0.2, -0.15) is 0 Å². The van der Waals surface area contributed by atoms with Crippen molar-refractivity contribution in [3.05, 3.63) is 0 Å². The van der Waals surface area contributed by atoms with Crippen molar-refractivity contribution in [1.82, 2.24) is 10.6 Å². The van der Waals surface area contributed by atoms with Crippen LogP contribution >= 0.6 is 0 Å². The lowest BCUT2D eigenvalue weighted by molar-refractivity contribution is 0.00104. The first-order chi connectivity index (χ1) is 6.20. The van der Waals surface area contributed by atoms with Gasteiger partial charge in [0.2, 0.25) is 0 Å². The zero-order valence-electron chi connectivity index (χ0n) is 9.77. The Morgan fingerprint density at radius 2 is 1.79 bits per heavy atom. The normalized spacial score (nSPS) is 12.4. The van der Waals surface area contributed by atoms with Crippen molar-refractivity contribution in [1.29, 1.82) is 0 Å². The van der Waals surface area contributed by atoms with Crippen molar-refractivity contribution in [2.45, 2.75) is 52.2 Å². The van der Waals surface area contributed by atoms with Gasteiger partial charge in [-0.05, 0) is 34.1 Å². The van der Waals surface area contributed by atoms with Crippen LogP contribution < -0.4 is 10.6 Å². The highest BCUT2D eigenvalue weighted by molar-refractivity contribution is 5.74. The van der Waals surface area contributed by atoms with Crippen molar-refractivity contribution in [3.63, 3.8) is 0 Å². The molecule has 0 rings (SSSR count). The van der Waals surface area contributed by atoms with Crippen LogP contribution in [0.15, 0.2) is 0 Å². The molecule has 0 heterocycles. The van der Waals surface area contributed by atoms with Crippen LogP contribution in [0.2, 0.25) is 0 Å². The Morgan fingerprint density at radius 1 is 1.29 bits per heavy atom. The number of carbonyl (C=O) groups is 1. The molecule has 3 N–H and O–H groups in total. The molecule has 0 spiro atoms. The lowest BCUT2D eigenvalue weighted by Gasteiger charge is -2.37. The first kappa shape index (κ1) is 13.2. The summed E-state index contributed by atoms with van der Waals surface area (Å²) in [6.07, 6.45) is 0.899. The smallest absolute Gasteiger partial charge is 0.315 e. The number of rotatable bonds is 4. The largest absolute Gasteiger partial charge is 0.388 e. The van der Waals surface area contributed by atoms with E-state index in [0.717, 1.165) is 6.42 Å². The molecule has 0 radical (unpaired) electrons. The van der Waals surface area contributed by atoms with E-state index in [4.69, 9.17) is 0 Å². The Balaban J connectivity index is 4.16. The third kappa shape index (κ3) is 3.96. The van der Waals surface area contributed by atoms with E-state index in [1.54, 1.807) is 27.7 Å². The van der Waals surface area contributed by atoms with E-state index in [9.17, 15) is 9.90 Å². The number of amides is 2. The number of urea groups is 1. The summed E-state index contributed by atoms with van der Waals surface area (Å²) < 4.78 is 0. The van der Waals surface area contributed by atoms with Gasteiger partial charge in [0.15, 0.2) is 0 Å². The van der Waals surface area contributed by atoms with Crippen LogP contribution in [0.1, 0.15) is 41.0 Å². The third-order valence-corrected chi connectivity index (χ3v) is 2.49. The van der Waals surface area contributed by atoms with Gasteiger partial charge in [-0.15, -0.1) is 0 Å². The van der Waals surface area contributed by atoms with Gasteiger partial charge in [-0.3, -0.25) is 0 Å². The Kier molecular flexibility index (Phi) is 4.39. The van der Waals surface area contributed by atoms with Gasteiger partial charge in [0.25, 0.3) is 0 Å². The molecule has 0 saturated heterocycles. The number of aliphatic hydroxyl groups is 1. The molecule has 0 saturated carbocycles. The first-order valence-corrected chi connectivity index (χ1v) is 4.99. The fourth-order valence-electron chi connectivity index (χ4n) is 0.720. The molecule has 4 nitrogen and oxygen atoms in total. The summed E-state index contributed by atoms with van der Waals surface area (Å²) in [7, 11) is 0. The summed E-state index contributed by atoms with van der Waals surface area (Å²) in [6.45, 7) is 9.56. The topological polar surface area (TPSA) is 61.4 Å². The summed E-state index contributed by atoms with van der Waals surface area (Å²) >= 11 is 0. The molecule has 4 heteroatoms. The Morgan fingerprint density at radius 3 is 2.14 bits per heavy atom. The molecule has 0 atom stereocenters. The highest BCUT2D eigenvalue weighted by Gasteiger charge is 2.36. The molecule has 0 aromatic heterocycles. The standard InChI is InChI=1S/C10H22N2O2/c1-6-7-11-8(13)12-9(2,3)10(4,5)14/h14H,6-7H2,1-5H3,(H2,11,12,13). The van der Waals surface area contributed by atoms with E-state index in [2.05, 4.69) is 10.6 Å². The maximum Gasteiger partial charge on any atom is 0.315 e. The second-order valence-electron chi connectivity index (χ2n) is 4.56. The van der Waals surface area contributed by atoms with Crippen LogP contribution in [0, 0.1) is 0 Å². The van der Waals surface area contributed by atoms with E-state index in [1.165, 1.54) is 0 Å². The van der Waals surface area contributed by atoms with E-state index < -0.39 is 11.1 Å². The number of hydrogen-bond donors (Lipinski definition) is 3. The highest BCUT2D eigenvalue weighted by Crippen LogP contribution is 2.19. The summed E-state index contributed by atoms with van der Waals surface area (Å²) in [5.41, 5.74) is -1.60. The zero-order chi connectivity index (χ0) is 11.4. The number of hydrogen-bond acceptors (Lipinski definition) is 2. The summed E-state index contributed by atoms with van der Waals surface area (Å²) in [6, 6.07) is -0.237. The van der Waals surface area contributed by atoms with Crippen LogP contribution in [0.25, 0.3) is 0 Å². The predicted octanol–water partition coefficient (Wildman–Crippen LogP) is 1.25. The van der Waals surface area contributed by atoms with Gasteiger partial charge in [-0.25, -0.2) is 4.79 Å². The van der Waals surface area contributed by atoms with Crippen LogP contribution in [0.4, 0.5) is 4.79 Å². The highest BCUT2D eigenvalue weighted by atomic mass is 16.3. The van der Waals surface area contributed by atoms with Gasteiger partial charge in [0, 0.05) is 6.54 Å². The Hall–Kier alpha value is -0.770. The van der Waals surface area contributed by atoms with E-state index in [-0.39, 0.29) is 6.03 Å². The van der Waals surface area contributed by atoms with Crippen LogP contribution in [-0.2, 0) is 0 Å². The van der Waals surface area contributed by atoms with Crippen molar-refractivity contribution in [2.24, 2.45) is 0 Å². The van der Waals surface area contributed by atoms with Gasteiger partial charge in [0.1, 0.15) is 0 Å². The second-order valence-corrected chi connectivity index (χ2v) is 4.56.